The average molecular weight is 257 g/mol. The summed E-state index contributed by atoms with van der Waals surface area (Å²) in [5.74, 6) is -1.80. The van der Waals surface area contributed by atoms with Gasteiger partial charge in [0.15, 0.2) is 0 Å². The van der Waals surface area contributed by atoms with Gasteiger partial charge in [0.1, 0.15) is 6.04 Å². The number of rotatable bonds is 8. The lowest BCUT2D eigenvalue weighted by Crippen LogP contribution is -2.46. The first-order valence-electron chi connectivity index (χ1n) is 5.64. The first-order valence-corrected chi connectivity index (χ1v) is 5.64. The predicted octanol–water partition coefficient (Wildman–Crippen LogP) is -0.0295. The van der Waals surface area contributed by atoms with Crippen LogP contribution in [0.3, 0.4) is 0 Å². The number of nitrogens with two attached hydrogens (primary N) is 1. The van der Waals surface area contributed by atoms with Crippen molar-refractivity contribution in [3.63, 3.8) is 0 Å². The molecule has 0 aliphatic rings. The molecule has 0 unspecified atom stereocenters. The number of allylic oxidation sites excluding steroid dienone is 1. The van der Waals surface area contributed by atoms with Gasteiger partial charge in [-0.3, -0.25) is 4.79 Å². The Labute approximate surface area is 105 Å². The molecule has 0 aliphatic carbocycles. The number of aliphatic carboxylic acids is 1. The lowest BCUT2D eigenvalue weighted by molar-refractivity contribution is -0.139. The first kappa shape index (κ1) is 16.0. The van der Waals surface area contributed by atoms with Crippen LogP contribution in [0.5, 0.6) is 0 Å². The zero-order valence-corrected chi connectivity index (χ0v) is 10.3. The Kier molecular flexibility index (Phi) is 8.00. The third-order valence-electron chi connectivity index (χ3n) is 2.12. The molecule has 0 bridgehead atoms. The van der Waals surface area contributed by atoms with Crippen molar-refractivity contribution < 1.29 is 19.5 Å². The van der Waals surface area contributed by atoms with Crippen LogP contribution in [0.2, 0.25) is 0 Å². The van der Waals surface area contributed by atoms with Crippen LogP contribution in [0.4, 0.5) is 4.79 Å². The highest BCUT2D eigenvalue weighted by molar-refractivity contribution is 5.83. The summed E-state index contributed by atoms with van der Waals surface area (Å²) < 4.78 is 0. The van der Waals surface area contributed by atoms with E-state index in [0.29, 0.717) is 13.0 Å². The molecule has 102 valence electrons. The van der Waals surface area contributed by atoms with Crippen LogP contribution >= 0.6 is 0 Å². The van der Waals surface area contributed by atoms with Crippen molar-refractivity contribution in [1.29, 1.82) is 0 Å². The topological polar surface area (TPSA) is 122 Å². The van der Waals surface area contributed by atoms with Gasteiger partial charge >= 0.3 is 12.0 Å². The maximum absolute atomic E-state index is 11.3. The Bertz CT molecular complexity index is 328. The molecule has 0 rings (SSSR count). The van der Waals surface area contributed by atoms with Gasteiger partial charge in [0.05, 0.1) is 0 Å². The van der Waals surface area contributed by atoms with E-state index in [1.54, 1.807) is 0 Å². The minimum Gasteiger partial charge on any atom is -0.480 e. The monoisotopic (exact) mass is 257 g/mol. The first-order chi connectivity index (χ1) is 8.47. The second kappa shape index (κ2) is 9.03. The maximum Gasteiger partial charge on any atom is 0.326 e. The summed E-state index contributed by atoms with van der Waals surface area (Å²) in [4.78, 5) is 32.7. The number of hydrogen-bond donors (Lipinski definition) is 4. The van der Waals surface area contributed by atoms with E-state index in [9.17, 15) is 14.4 Å². The normalized spacial score (nSPS) is 12.1. The van der Waals surface area contributed by atoms with Gasteiger partial charge in [0.25, 0.3) is 0 Å². The smallest absolute Gasteiger partial charge is 0.326 e. The Balaban J connectivity index is 4.03. The molecule has 0 saturated heterocycles. The van der Waals surface area contributed by atoms with Crippen LogP contribution in [-0.2, 0) is 9.59 Å². The summed E-state index contributed by atoms with van der Waals surface area (Å²) in [6.45, 7) is 2.28. The zero-order valence-electron chi connectivity index (χ0n) is 10.3. The Morgan fingerprint density at radius 1 is 1.39 bits per heavy atom. The van der Waals surface area contributed by atoms with E-state index < -0.39 is 23.9 Å². The van der Waals surface area contributed by atoms with Gasteiger partial charge in [0, 0.05) is 13.0 Å². The fourth-order valence-electron chi connectivity index (χ4n) is 1.19. The van der Waals surface area contributed by atoms with E-state index in [1.807, 2.05) is 19.1 Å². The molecule has 3 amide bonds. The number of carbonyl (C=O) groups excluding carboxylic acids is 2. The molecule has 7 nitrogen and oxygen atoms in total. The van der Waals surface area contributed by atoms with Crippen molar-refractivity contribution >= 4 is 17.9 Å². The van der Waals surface area contributed by atoms with Gasteiger partial charge in [-0.2, -0.15) is 0 Å². The standard InChI is InChI=1S/C11H19N3O4/c1-2-3-4-7-13-11(18)14-8(10(16)17)5-6-9(12)15/h2-3,8H,4-7H2,1H3,(H2,12,15)(H,16,17)(H2,13,14,18)/b3-2+/t8-/m0/s1. The largest absolute Gasteiger partial charge is 0.480 e. The Hall–Kier alpha value is -2.05. The van der Waals surface area contributed by atoms with Crippen LogP contribution in [0.25, 0.3) is 0 Å². The minimum atomic E-state index is -1.19. The molecule has 0 aromatic carbocycles. The van der Waals surface area contributed by atoms with E-state index in [1.165, 1.54) is 0 Å². The fraction of sp³-hybridized carbons (Fsp3) is 0.545. The predicted molar refractivity (Wildman–Crippen MR) is 65.8 cm³/mol. The lowest BCUT2D eigenvalue weighted by atomic mass is 10.1. The summed E-state index contributed by atoms with van der Waals surface area (Å²) in [5.41, 5.74) is 4.92. The highest BCUT2D eigenvalue weighted by Crippen LogP contribution is 1.97. The molecule has 0 aromatic rings. The van der Waals surface area contributed by atoms with E-state index in [4.69, 9.17) is 10.8 Å². The van der Waals surface area contributed by atoms with Crippen LogP contribution in [-0.4, -0.2) is 35.6 Å². The van der Waals surface area contributed by atoms with Crippen LogP contribution in [0.1, 0.15) is 26.2 Å². The van der Waals surface area contributed by atoms with Crippen molar-refractivity contribution in [3.05, 3.63) is 12.2 Å². The molecular formula is C11H19N3O4. The summed E-state index contributed by atoms with van der Waals surface area (Å²) in [6.07, 6.45) is 4.29. The number of hydrogen-bond acceptors (Lipinski definition) is 3. The molecule has 0 radical (unpaired) electrons. The van der Waals surface area contributed by atoms with Crippen molar-refractivity contribution in [2.75, 3.05) is 6.54 Å². The van der Waals surface area contributed by atoms with Gasteiger partial charge in [-0.15, -0.1) is 0 Å². The molecule has 5 N–H and O–H groups in total. The van der Waals surface area contributed by atoms with E-state index >= 15 is 0 Å². The molecule has 1 atom stereocenters. The van der Waals surface area contributed by atoms with Crippen molar-refractivity contribution in [3.8, 4) is 0 Å². The molecule has 7 heteroatoms. The number of urea groups is 1. The average Bonchev–Trinajstić information content (AvgIpc) is 2.29. The van der Waals surface area contributed by atoms with Crippen LogP contribution in [0, 0.1) is 0 Å². The molecule has 0 spiro atoms. The zero-order chi connectivity index (χ0) is 14.0. The Morgan fingerprint density at radius 2 is 2.06 bits per heavy atom. The molecule has 0 fully saturated rings. The number of carboxylic acids is 1. The van der Waals surface area contributed by atoms with Crippen LogP contribution < -0.4 is 16.4 Å². The molecule has 0 saturated carbocycles. The van der Waals surface area contributed by atoms with Gasteiger partial charge < -0.3 is 21.5 Å². The Morgan fingerprint density at radius 3 is 2.56 bits per heavy atom. The van der Waals surface area contributed by atoms with Crippen LogP contribution in [0.15, 0.2) is 12.2 Å². The van der Waals surface area contributed by atoms with Crippen molar-refractivity contribution in [1.82, 2.24) is 10.6 Å². The number of primary amides is 1. The molecule has 0 aliphatic heterocycles. The van der Waals surface area contributed by atoms with Gasteiger partial charge in [-0.1, -0.05) is 12.2 Å². The van der Waals surface area contributed by atoms with Crippen molar-refractivity contribution in [2.24, 2.45) is 5.73 Å². The van der Waals surface area contributed by atoms with E-state index in [0.717, 1.165) is 0 Å². The van der Waals surface area contributed by atoms with E-state index in [2.05, 4.69) is 10.6 Å². The summed E-state index contributed by atoms with van der Waals surface area (Å²) in [5, 5.41) is 13.6. The van der Waals surface area contributed by atoms with Gasteiger partial charge in [0.2, 0.25) is 5.91 Å². The molecular weight excluding hydrogens is 238 g/mol. The van der Waals surface area contributed by atoms with E-state index in [-0.39, 0.29) is 12.8 Å². The quantitative estimate of drug-likeness (QED) is 0.360. The number of nitrogens with one attached hydrogen (secondary N) is 2. The summed E-state index contributed by atoms with van der Waals surface area (Å²) in [6, 6.07) is -1.68. The fourth-order valence-corrected chi connectivity index (χ4v) is 1.19. The third kappa shape index (κ3) is 8.14. The van der Waals surface area contributed by atoms with Crippen molar-refractivity contribution in [2.45, 2.75) is 32.2 Å². The molecule has 0 heterocycles. The second-order valence-corrected chi connectivity index (χ2v) is 3.65. The second-order valence-electron chi connectivity index (χ2n) is 3.65. The molecule has 18 heavy (non-hydrogen) atoms. The number of carbonyl (C=O) groups is 3. The minimum absolute atomic E-state index is 0.0209. The lowest BCUT2D eigenvalue weighted by Gasteiger charge is -2.14. The number of carboxylic acid groups (broad SMARTS) is 1. The van der Waals surface area contributed by atoms with Gasteiger partial charge in [-0.25, -0.2) is 9.59 Å². The summed E-state index contributed by atoms with van der Waals surface area (Å²) in [7, 11) is 0. The molecule has 0 aromatic heterocycles. The maximum atomic E-state index is 11.3. The van der Waals surface area contributed by atoms with Gasteiger partial charge in [-0.05, 0) is 19.8 Å². The summed E-state index contributed by atoms with van der Waals surface area (Å²) >= 11 is 0. The highest BCUT2D eigenvalue weighted by atomic mass is 16.4. The third-order valence-corrected chi connectivity index (χ3v) is 2.12. The highest BCUT2D eigenvalue weighted by Gasteiger charge is 2.19. The number of amides is 3. The SMILES string of the molecule is C/C=C/CCNC(=O)N[C@@H](CCC(N)=O)C(=O)O.